The van der Waals surface area contributed by atoms with Gasteiger partial charge in [-0.1, -0.05) is 17.7 Å². The van der Waals surface area contributed by atoms with E-state index >= 15 is 0 Å². The summed E-state index contributed by atoms with van der Waals surface area (Å²) in [5.74, 6) is -1.44. The molecule has 2 N–H and O–H groups in total. The van der Waals surface area contributed by atoms with E-state index in [1.165, 1.54) is 12.1 Å². The molecule has 0 bridgehead atoms. The molecule has 0 aliphatic carbocycles. The smallest absolute Gasteiger partial charge is 0.254 e. The maximum absolute atomic E-state index is 13.5. The number of nitrogens with two attached hydrogens (primary N) is 1. The number of halogens is 3. The van der Waals surface area contributed by atoms with Gasteiger partial charge in [-0.3, -0.25) is 9.48 Å². The highest BCUT2D eigenvalue weighted by molar-refractivity contribution is 6.33. The maximum atomic E-state index is 13.5. The predicted octanol–water partition coefficient (Wildman–Crippen LogP) is 3.54. The van der Waals surface area contributed by atoms with Crippen molar-refractivity contribution in [1.29, 1.82) is 0 Å². The maximum Gasteiger partial charge on any atom is 0.254 e. The molecule has 1 aliphatic heterocycles. The Kier molecular flexibility index (Phi) is 5.10. The van der Waals surface area contributed by atoms with Crippen LogP contribution in [0.1, 0.15) is 21.5 Å². The van der Waals surface area contributed by atoms with Crippen LogP contribution in [0.3, 0.4) is 0 Å². The van der Waals surface area contributed by atoms with Crippen molar-refractivity contribution in [2.24, 2.45) is 12.8 Å². The quantitative estimate of drug-likeness (QED) is 0.691. The Morgan fingerprint density at radius 1 is 1.21 bits per heavy atom. The number of aryl methyl sites for hydroxylation is 1. The van der Waals surface area contributed by atoms with Gasteiger partial charge in [0.05, 0.1) is 16.9 Å². The van der Waals surface area contributed by atoms with E-state index in [0.717, 1.165) is 22.9 Å². The van der Waals surface area contributed by atoms with Crippen LogP contribution in [0.4, 0.5) is 8.78 Å². The Bertz CT molecular complexity index is 1060. The lowest BCUT2D eigenvalue weighted by Gasteiger charge is -2.26. The van der Waals surface area contributed by atoms with Crippen LogP contribution in [0, 0.1) is 11.6 Å². The Hall–Kier alpha value is -2.77. The van der Waals surface area contributed by atoms with Crippen LogP contribution >= 0.6 is 11.6 Å². The van der Waals surface area contributed by atoms with Gasteiger partial charge in [0.1, 0.15) is 11.6 Å². The largest absolute Gasteiger partial charge is 0.330 e. The number of nitrogens with zero attached hydrogens (tertiary/aromatic N) is 3. The predicted molar refractivity (Wildman–Crippen MR) is 106 cm³/mol. The number of carbonyl (C=O) groups excluding carboxylic acids is 1. The van der Waals surface area contributed by atoms with Crippen LogP contribution in [0.5, 0.6) is 0 Å². The van der Waals surface area contributed by atoms with Crippen molar-refractivity contribution in [3.05, 3.63) is 75.9 Å². The first kappa shape index (κ1) is 19.5. The lowest BCUT2D eigenvalue weighted by Crippen LogP contribution is -2.42. The van der Waals surface area contributed by atoms with E-state index in [9.17, 15) is 13.6 Å². The number of benzene rings is 2. The summed E-state index contributed by atoms with van der Waals surface area (Å²) in [5.41, 5.74) is 9.45. The fourth-order valence-electron chi connectivity index (χ4n) is 3.84. The van der Waals surface area contributed by atoms with Crippen LogP contribution in [-0.2, 0) is 20.0 Å². The zero-order valence-corrected chi connectivity index (χ0v) is 16.5. The third kappa shape index (κ3) is 3.63. The molecule has 2 aromatic carbocycles. The highest BCUT2D eigenvalue weighted by atomic mass is 35.5. The van der Waals surface area contributed by atoms with E-state index in [1.54, 1.807) is 28.9 Å². The van der Waals surface area contributed by atoms with Gasteiger partial charge in [0, 0.05) is 43.4 Å². The van der Waals surface area contributed by atoms with Crippen molar-refractivity contribution in [3.8, 4) is 11.3 Å². The van der Waals surface area contributed by atoms with Crippen LogP contribution in [0.25, 0.3) is 11.3 Å². The van der Waals surface area contributed by atoms with Crippen molar-refractivity contribution >= 4 is 17.5 Å². The zero-order valence-electron chi connectivity index (χ0n) is 15.7. The van der Waals surface area contributed by atoms with E-state index in [2.05, 4.69) is 5.10 Å². The van der Waals surface area contributed by atoms with Crippen molar-refractivity contribution in [3.63, 3.8) is 0 Å². The standard InChI is InChI=1S/C21H19ClF2N4O/c1-27-20(19(22)10-26-27)13-2-3-18-14(7-13)11-28(21(18)29)17(9-25)6-12-4-15(23)8-16(24)5-12/h2-5,7-8,10,17H,6,9,11,25H2,1H3. The monoisotopic (exact) mass is 416 g/mol. The summed E-state index contributed by atoms with van der Waals surface area (Å²) in [4.78, 5) is 14.6. The fourth-order valence-corrected chi connectivity index (χ4v) is 4.12. The van der Waals surface area contributed by atoms with Crippen molar-refractivity contribution in [2.45, 2.75) is 19.0 Å². The zero-order chi connectivity index (χ0) is 20.7. The van der Waals surface area contributed by atoms with E-state index < -0.39 is 11.6 Å². The topological polar surface area (TPSA) is 64.2 Å². The SMILES string of the molecule is Cn1ncc(Cl)c1-c1ccc2c(c1)CN(C(CN)Cc1cc(F)cc(F)c1)C2=O. The molecular formula is C21H19ClF2N4O. The first-order chi connectivity index (χ1) is 13.9. The molecule has 0 saturated heterocycles. The molecule has 29 heavy (non-hydrogen) atoms. The first-order valence-electron chi connectivity index (χ1n) is 9.14. The highest BCUT2D eigenvalue weighted by Crippen LogP contribution is 2.33. The molecule has 0 fully saturated rings. The summed E-state index contributed by atoms with van der Waals surface area (Å²) in [5, 5.41) is 4.68. The van der Waals surface area contributed by atoms with Gasteiger partial charge in [0.2, 0.25) is 0 Å². The molecule has 0 radical (unpaired) electrons. The second-order valence-electron chi connectivity index (χ2n) is 7.14. The minimum absolute atomic E-state index is 0.144. The van der Waals surface area contributed by atoms with E-state index in [1.807, 2.05) is 12.1 Å². The second-order valence-corrected chi connectivity index (χ2v) is 7.55. The summed E-state index contributed by atoms with van der Waals surface area (Å²) in [7, 11) is 1.80. The summed E-state index contributed by atoms with van der Waals surface area (Å²) in [6, 6.07) is 8.51. The lowest BCUT2D eigenvalue weighted by atomic mass is 10.0. The summed E-state index contributed by atoms with van der Waals surface area (Å²) in [6.07, 6.45) is 1.84. The molecule has 2 heterocycles. The van der Waals surface area contributed by atoms with Gasteiger partial charge in [-0.2, -0.15) is 5.10 Å². The third-order valence-electron chi connectivity index (χ3n) is 5.21. The molecule has 1 unspecified atom stereocenters. The number of carbonyl (C=O) groups is 1. The average Bonchev–Trinajstić information content (AvgIpc) is 3.17. The molecule has 3 aromatic rings. The molecule has 4 rings (SSSR count). The normalized spacial score (nSPS) is 14.4. The molecule has 1 aliphatic rings. The summed E-state index contributed by atoms with van der Waals surface area (Å²) < 4.78 is 28.7. The summed E-state index contributed by atoms with van der Waals surface area (Å²) in [6.45, 7) is 0.551. The Morgan fingerprint density at radius 2 is 1.93 bits per heavy atom. The third-order valence-corrected chi connectivity index (χ3v) is 5.49. The highest BCUT2D eigenvalue weighted by Gasteiger charge is 2.32. The van der Waals surface area contributed by atoms with E-state index in [4.69, 9.17) is 17.3 Å². The molecular weight excluding hydrogens is 398 g/mol. The minimum atomic E-state index is -0.649. The summed E-state index contributed by atoms with van der Waals surface area (Å²) >= 11 is 6.24. The molecule has 0 spiro atoms. The molecule has 1 atom stereocenters. The molecule has 150 valence electrons. The second kappa shape index (κ2) is 7.57. The Labute approximate surface area is 171 Å². The molecule has 8 heteroatoms. The van der Waals surface area contributed by atoms with Gasteiger partial charge in [-0.05, 0) is 41.8 Å². The van der Waals surface area contributed by atoms with Crippen molar-refractivity contribution in [1.82, 2.24) is 14.7 Å². The lowest BCUT2D eigenvalue weighted by molar-refractivity contribution is 0.0708. The first-order valence-corrected chi connectivity index (χ1v) is 9.52. The van der Waals surface area contributed by atoms with Gasteiger partial charge in [-0.25, -0.2) is 8.78 Å². The van der Waals surface area contributed by atoms with Gasteiger partial charge < -0.3 is 10.6 Å². The molecule has 5 nitrogen and oxygen atoms in total. The van der Waals surface area contributed by atoms with Gasteiger partial charge in [-0.15, -0.1) is 0 Å². The number of fused-ring (bicyclic) bond motifs is 1. The molecule has 0 saturated carbocycles. The van der Waals surface area contributed by atoms with E-state index in [-0.39, 0.29) is 24.9 Å². The number of amides is 1. The molecule has 1 amide bonds. The Morgan fingerprint density at radius 3 is 2.55 bits per heavy atom. The average molecular weight is 417 g/mol. The van der Waals surface area contributed by atoms with Crippen LogP contribution in [0.15, 0.2) is 42.6 Å². The Balaban J connectivity index is 1.61. The number of hydrogen-bond donors (Lipinski definition) is 1. The van der Waals surface area contributed by atoms with Gasteiger partial charge in [0.25, 0.3) is 5.91 Å². The van der Waals surface area contributed by atoms with Gasteiger partial charge in [0.15, 0.2) is 0 Å². The van der Waals surface area contributed by atoms with Crippen LogP contribution in [-0.4, -0.2) is 33.2 Å². The minimum Gasteiger partial charge on any atom is -0.330 e. The van der Waals surface area contributed by atoms with Gasteiger partial charge >= 0.3 is 0 Å². The van der Waals surface area contributed by atoms with Crippen molar-refractivity contribution < 1.29 is 13.6 Å². The van der Waals surface area contributed by atoms with Crippen molar-refractivity contribution in [2.75, 3.05) is 6.54 Å². The molecule has 1 aromatic heterocycles. The van der Waals surface area contributed by atoms with Crippen LogP contribution < -0.4 is 5.73 Å². The number of hydrogen-bond acceptors (Lipinski definition) is 3. The number of aromatic nitrogens is 2. The van der Waals surface area contributed by atoms with E-state index in [0.29, 0.717) is 22.7 Å². The number of rotatable bonds is 5. The fraction of sp³-hybridized carbons (Fsp3) is 0.238. The van der Waals surface area contributed by atoms with Crippen LogP contribution in [0.2, 0.25) is 5.02 Å².